The van der Waals surface area contributed by atoms with E-state index in [2.05, 4.69) is 137 Å². The average molecular weight is 1090 g/mol. The van der Waals surface area contributed by atoms with E-state index in [-0.39, 0.29) is 41.8 Å². The Labute approximate surface area is 430 Å². The quantitative estimate of drug-likeness (QED) is 0.101. The predicted molar refractivity (Wildman–Crippen MR) is 285 cm³/mol. The van der Waals surface area contributed by atoms with Crippen molar-refractivity contribution in [2.24, 2.45) is 5.92 Å². The zero-order valence-electron chi connectivity index (χ0n) is 46.2. The first kappa shape index (κ1) is 36.5. The number of benzene rings is 8. The number of aromatic nitrogens is 4. The number of ether oxygens (including phenoxy) is 1. The molecule has 0 radical (unpaired) electrons. The van der Waals surface area contributed by atoms with Crippen LogP contribution < -0.4 is 15.0 Å². The molecule has 0 unspecified atom stereocenters. The van der Waals surface area contributed by atoms with Crippen LogP contribution >= 0.6 is 0 Å². The van der Waals surface area contributed by atoms with Crippen LogP contribution in [0.2, 0.25) is 0 Å². The summed E-state index contributed by atoms with van der Waals surface area (Å²) in [4.78, 5) is 7.37. The molecule has 0 amide bonds. The van der Waals surface area contributed by atoms with E-state index in [1.165, 1.54) is 0 Å². The first-order valence-corrected chi connectivity index (χ1v) is 24.6. The molecule has 0 atom stereocenters. The Morgan fingerprint density at radius 2 is 1.40 bits per heavy atom. The summed E-state index contributed by atoms with van der Waals surface area (Å²) < 4.78 is 77.1. The fraction of sp³-hybridized carbons (Fsp3) is 0.129. The molecule has 0 N–H and O–H groups in total. The number of rotatable bonds is 10. The van der Waals surface area contributed by atoms with E-state index >= 15 is 0 Å². The van der Waals surface area contributed by atoms with Crippen molar-refractivity contribution in [3.05, 3.63) is 221 Å². The van der Waals surface area contributed by atoms with Crippen molar-refractivity contribution < 1.29 is 33.7 Å². The molecule has 0 bridgehead atoms. The topological polar surface area (TPSA) is 40.1 Å². The first-order valence-electron chi connectivity index (χ1n) is 26.9. The molecule has 6 nitrogen and oxygen atoms in total. The molecule has 0 spiro atoms. The third-order valence-corrected chi connectivity index (χ3v) is 14.0. The van der Waals surface area contributed by atoms with Gasteiger partial charge in [-0.25, -0.2) is 0 Å². The number of hydrogen-bond acceptors (Lipinski definition) is 3. The van der Waals surface area contributed by atoms with E-state index in [4.69, 9.17) is 13.8 Å². The molecular weight excluding hydrogens is 1040 g/mol. The maximum absolute atomic E-state index is 9.44. The van der Waals surface area contributed by atoms with Crippen molar-refractivity contribution in [1.29, 1.82) is 0 Å². The van der Waals surface area contributed by atoms with Gasteiger partial charge in [-0.05, 0) is 11.5 Å². The van der Waals surface area contributed by atoms with Crippen LogP contribution in [0.3, 0.4) is 0 Å². The summed E-state index contributed by atoms with van der Waals surface area (Å²) in [5.74, 6) is 0.640. The van der Waals surface area contributed by atoms with Gasteiger partial charge in [-0.1, -0.05) is 48.5 Å². The van der Waals surface area contributed by atoms with E-state index in [9.17, 15) is 5.48 Å². The van der Waals surface area contributed by atoms with Gasteiger partial charge in [-0.3, -0.25) is 0 Å². The van der Waals surface area contributed by atoms with Gasteiger partial charge in [0.15, 0.2) is 0 Å². The van der Waals surface area contributed by atoms with E-state index in [0.717, 1.165) is 60.7 Å². The Morgan fingerprint density at radius 3 is 2.14 bits per heavy atom. The molecule has 11 aromatic rings. The molecule has 12 rings (SSSR count). The second kappa shape index (κ2) is 17.5. The molecule has 8 aromatic carbocycles. The first-order chi connectivity index (χ1) is 36.9. The number of pyridine rings is 1. The van der Waals surface area contributed by atoms with Crippen molar-refractivity contribution in [2.45, 2.75) is 46.4 Å². The van der Waals surface area contributed by atoms with Crippen molar-refractivity contribution >= 4 is 56.8 Å². The van der Waals surface area contributed by atoms with Gasteiger partial charge in [0.1, 0.15) is 0 Å². The van der Waals surface area contributed by atoms with E-state index in [1.807, 2.05) is 105 Å². The fourth-order valence-corrected chi connectivity index (χ4v) is 11.0. The Hall–Kier alpha value is -7.47. The van der Waals surface area contributed by atoms with Crippen LogP contribution in [0.1, 0.15) is 55.3 Å². The Balaban J connectivity index is 1.03. The third-order valence-electron chi connectivity index (χ3n) is 13.0. The predicted octanol–water partition coefficient (Wildman–Crippen LogP) is 14.6. The van der Waals surface area contributed by atoms with Gasteiger partial charge in [0.2, 0.25) is 0 Å². The van der Waals surface area contributed by atoms with Gasteiger partial charge in [0, 0.05) is 5.52 Å². The van der Waals surface area contributed by atoms with Crippen molar-refractivity contribution in [2.75, 3.05) is 4.81 Å². The zero-order valence-corrected chi connectivity index (χ0v) is 41.5. The minimum atomic E-state index is -1.77. The van der Waals surface area contributed by atoms with Crippen LogP contribution in [0.4, 0.5) is 11.5 Å². The van der Waals surface area contributed by atoms with E-state index in [1.54, 1.807) is 6.07 Å². The molecule has 0 saturated heterocycles. The van der Waals surface area contributed by atoms with Crippen LogP contribution in [0.15, 0.2) is 194 Å². The molecule has 0 fully saturated rings. The summed E-state index contributed by atoms with van der Waals surface area (Å²) in [6, 6.07) is 59.1. The SMILES string of the molecule is [2H]c1c([2H])c([2H])c(-c2cccc(-c3ccc(C(C)(C)C)cc3)c2-n2[c](=[Pt])n(-c3[c-]c(Oc4cc(C([2H])([2H])C(C)C)cc(N5B(c6ccccc6)n6c7ccccc7c7cc[c-]c5c76)n4)ccc3)c3ccccc32)c([2H])c1[2H]. The molecule has 1 aliphatic rings. The van der Waals surface area contributed by atoms with Crippen LogP contribution in [0.5, 0.6) is 11.6 Å². The molecule has 0 saturated carbocycles. The van der Waals surface area contributed by atoms with E-state index < -0.39 is 24.5 Å². The third kappa shape index (κ3) is 7.55. The van der Waals surface area contributed by atoms with Gasteiger partial charge >= 0.3 is 350 Å². The summed E-state index contributed by atoms with van der Waals surface area (Å²) in [5, 5.41) is 2.22. The second-order valence-corrected chi connectivity index (χ2v) is 19.9. The molecule has 3 aromatic heterocycles. The molecular formula is C62H50BN5OPt-2. The zero-order chi connectivity index (χ0) is 53.8. The van der Waals surface area contributed by atoms with Crippen LogP contribution in [-0.2, 0) is 31.1 Å². The summed E-state index contributed by atoms with van der Waals surface area (Å²) in [6.07, 6.45) is -1.77. The molecule has 344 valence electrons. The van der Waals surface area contributed by atoms with E-state index in [0.29, 0.717) is 37.9 Å². The number of para-hydroxylation sites is 4. The Bertz CT molecular complexity index is 4210. The van der Waals surface area contributed by atoms with Crippen molar-refractivity contribution in [3.63, 3.8) is 0 Å². The van der Waals surface area contributed by atoms with Gasteiger partial charge in [-0.15, -0.1) is 5.39 Å². The summed E-state index contributed by atoms with van der Waals surface area (Å²) in [5.41, 5.74) is 10.5. The minimum absolute atomic E-state index is 0.0950. The number of nitrogens with zero attached hydrogens (tertiary/aromatic N) is 5. The molecule has 1 aliphatic heterocycles. The number of imidazole rings is 1. The van der Waals surface area contributed by atoms with Gasteiger partial charge in [-0.2, -0.15) is 12.1 Å². The summed E-state index contributed by atoms with van der Waals surface area (Å²) in [6.45, 7) is 9.87. The van der Waals surface area contributed by atoms with Crippen molar-refractivity contribution in [1.82, 2.24) is 18.6 Å². The van der Waals surface area contributed by atoms with Gasteiger partial charge in [0.05, 0.1) is 0 Å². The van der Waals surface area contributed by atoms with Crippen LogP contribution in [0, 0.1) is 21.9 Å². The number of hydrogen-bond donors (Lipinski definition) is 0. The number of anilines is 2. The molecule has 70 heavy (non-hydrogen) atoms. The fourth-order valence-electron chi connectivity index (χ4n) is 9.94. The Morgan fingerprint density at radius 1 is 0.714 bits per heavy atom. The van der Waals surface area contributed by atoms with Gasteiger partial charge < -0.3 is 0 Å². The molecule has 8 heteroatoms. The Kier molecular flexibility index (Phi) is 9.12. The van der Waals surface area contributed by atoms with Crippen molar-refractivity contribution in [3.8, 4) is 45.3 Å². The van der Waals surface area contributed by atoms with Crippen LogP contribution in [0.25, 0.3) is 66.5 Å². The molecule has 0 aliphatic carbocycles. The van der Waals surface area contributed by atoms with Gasteiger partial charge in [0.25, 0.3) is 0 Å². The van der Waals surface area contributed by atoms with Crippen LogP contribution in [-0.4, -0.2) is 25.6 Å². The standard InChI is InChI=1S/C62H50BN5O.Pt/c1-42(2)37-43-38-58(67-57-32-18-28-53-52-25-12-13-29-54(52)68(61(53)57)63(67)47-21-10-7-11-22-47)64-59(39-43)69-49-24-16-23-48(40-49)65-41-66(56-31-15-14-30-55(56)65)60-50(44-19-8-6-9-20-44)26-17-27-51(60)45-33-35-46(36-34-45)62(3,4)5;/h6-31,33-36,38-39,42H,37H2,1-5H3;/q-2;/i6D,8D,9D,19D,20D,37D2;. The maximum atomic E-state index is 9.44. The summed E-state index contributed by atoms with van der Waals surface area (Å²) >= 11 is 2.30. The monoisotopic (exact) mass is 1090 g/mol. The number of fused-ring (bicyclic) bond motifs is 4. The second-order valence-electron chi connectivity index (χ2n) is 18.9. The molecule has 4 heterocycles. The average Bonchev–Trinajstić information content (AvgIpc) is 4.14. The normalized spacial score (nSPS) is 14.2. The summed E-state index contributed by atoms with van der Waals surface area (Å²) in [7, 11) is 0.